The molecule has 0 saturated carbocycles. The van der Waals surface area contributed by atoms with Crippen LogP contribution in [-0.4, -0.2) is 16.9 Å². The maximum absolute atomic E-state index is 12.2. The van der Waals surface area contributed by atoms with Crippen molar-refractivity contribution in [1.82, 2.24) is 10.3 Å². The molecule has 0 bridgehead atoms. The van der Waals surface area contributed by atoms with Gasteiger partial charge >= 0.3 is 5.97 Å². The van der Waals surface area contributed by atoms with E-state index in [4.69, 9.17) is 4.74 Å². The summed E-state index contributed by atoms with van der Waals surface area (Å²) >= 11 is 0. The summed E-state index contributed by atoms with van der Waals surface area (Å²) < 4.78 is 5.32. The molecule has 108 valence electrons. The molecule has 1 aliphatic rings. The molecule has 5 nitrogen and oxygen atoms in total. The van der Waals surface area contributed by atoms with E-state index < -0.39 is 5.97 Å². The first-order chi connectivity index (χ1) is 10.1. The van der Waals surface area contributed by atoms with E-state index in [1.807, 2.05) is 37.3 Å². The van der Waals surface area contributed by atoms with E-state index in [0.717, 1.165) is 22.4 Å². The maximum atomic E-state index is 12.2. The number of hydrogen-bond acceptors (Lipinski definition) is 3. The lowest BCUT2D eigenvalue weighted by Gasteiger charge is -2.12. The van der Waals surface area contributed by atoms with E-state index in [1.54, 1.807) is 0 Å². The van der Waals surface area contributed by atoms with Crippen LogP contribution >= 0.6 is 0 Å². The van der Waals surface area contributed by atoms with Crippen molar-refractivity contribution in [3.05, 3.63) is 58.4 Å². The average Bonchev–Trinajstić information content (AvgIpc) is 2.83. The Kier molecular flexibility index (Phi) is 3.48. The van der Waals surface area contributed by atoms with Crippen molar-refractivity contribution in [3.8, 4) is 0 Å². The minimum Gasteiger partial charge on any atom is -0.456 e. The molecular weight excluding hydrogens is 268 g/mol. The largest absolute Gasteiger partial charge is 0.456 e. The van der Waals surface area contributed by atoms with Crippen LogP contribution in [0.15, 0.2) is 30.3 Å². The summed E-state index contributed by atoms with van der Waals surface area (Å²) in [6.45, 7) is 2.51. The Hall–Kier alpha value is -2.56. The van der Waals surface area contributed by atoms with Crippen molar-refractivity contribution in [2.45, 2.75) is 26.5 Å². The Morgan fingerprint density at radius 2 is 2.05 bits per heavy atom. The lowest BCUT2D eigenvalue weighted by Crippen LogP contribution is -2.30. The quantitative estimate of drug-likeness (QED) is 0.845. The van der Waals surface area contributed by atoms with Gasteiger partial charge < -0.3 is 15.0 Å². The Morgan fingerprint density at radius 3 is 2.81 bits per heavy atom. The van der Waals surface area contributed by atoms with E-state index in [-0.39, 0.29) is 12.5 Å². The minimum absolute atomic E-state index is 0.0196. The van der Waals surface area contributed by atoms with Gasteiger partial charge in [0.05, 0.1) is 13.0 Å². The van der Waals surface area contributed by atoms with Gasteiger partial charge in [-0.25, -0.2) is 4.79 Å². The van der Waals surface area contributed by atoms with E-state index in [1.165, 1.54) is 0 Å². The van der Waals surface area contributed by atoms with Gasteiger partial charge in [-0.15, -0.1) is 0 Å². The molecule has 0 saturated heterocycles. The van der Waals surface area contributed by atoms with Gasteiger partial charge in [-0.05, 0) is 23.6 Å². The Balaban J connectivity index is 1.75. The van der Waals surface area contributed by atoms with E-state index in [2.05, 4.69) is 10.3 Å². The molecule has 5 heteroatoms. The second-order valence-electron chi connectivity index (χ2n) is 5.10. The normalized spacial score (nSPS) is 13.5. The summed E-state index contributed by atoms with van der Waals surface area (Å²) in [5.41, 5.74) is 3.98. The summed E-state index contributed by atoms with van der Waals surface area (Å²) in [6, 6.07) is 9.53. The number of aromatic nitrogens is 1. The summed E-state index contributed by atoms with van der Waals surface area (Å²) in [5, 5.41) is 2.75. The predicted molar refractivity (Wildman–Crippen MR) is 76.6 cm³/mol. The molecular formula is C16H16N2O3. The molecule has 3 rings (SSSR count). The summed E-state index contributed by atoms with van der Waals surface area (Å²) in [6.07, 6.45) is 0.309. The standard InChI is InChI=1S/C16H16N2O3/c1-10-12-7-14(19)17-8-13(12)18-15(10)16(20)21-9-11-5-3-2-4-6-11/h2-6,18H,7-9H2,1H3,(H,17,19). The molecule has 1 amide bonds. The smallest absolute Gasteiger partial charge is 0.355 e. The van der Waals surface area contributed by atoms with Crippen molar-refractivity contribution in [3.63, 3.8) is 0 Å². The van der Waals surface area contributed by atoms with Crippen LogP contribution in [0.4, 0.5) is 0 Å². The molecule has 2 aromatic rings. The van der Waals surface area contributed by atoms with Crippen LogP contribution in [0.2, 0.25) is 0 Å². The molecule has 0 spiro atoms. The fraction of sp³-hybridized carbons (Fsp3) is 0.250. The van der Waals surface area contributed by atoms with Gasteiger partial charge in [0, 0.05) is 5.69 Å². The van der Waals surface area contributed by atoms with Crippen molar-refractivity contribution in [2.24, 2.45) is 0 Å². The molecule has 0 fully saturated rings. The first-order valence-electron chi connectivity index (χ1n) is 6.83. The zero-order valence-electron chi connectivity index (χ0n) is 11.7. The molecule has 0 atom stereocenters. The Bertz CT molecular complexity index is 689. The van der Waals surface area contributed by atoms with Crippen LogP contribution in [0.3, 0.4) is 0 Å². The topological polar surface area (TPSA) is 71.2 Å². The summed E-state index contributed by atoms with van der Waals surface area (Å²) in [4.78, 5) is 26.7. The molecule has 1 aliphatic heterocycles. The number of H-pyrrole nitrogens is 1. The van der Waals surface area contributed by atoms with Crippen molar-refractivity contribution in [1.29, 1.82) is 0 Å². The predicted octanol–water partition coefficient (Wildman–Crippen LogP) is 1.85. The second kappa shape index (κ2) is 5.44. The fourth-order valence-corrected chi connectivity index (χ4v) is 2.50. The highest BCUT2D eigenvalue weighted by Gasteiger charge is 2.24. The fourth-order valence-electron chi connectivity index (χ4n) is 2.50. The molecule has 0 aliphatic carbocycles. The molecule has 2 heterocycles. The molecule has 1 aromatic carbocycles. The highest BCUT2D eigenvalue weighted by atomic mass is 16.5. The number of ether oxygens (including phenoxy) is 1. The lowest BCUT2D eigenvalue weighted by atomic mass is 10.0. The van der Waals surface area contributed by atoms with Crippen LogP contribution < -0.4 is 5.32 Å². The molecule has 21 heavy (non-hydrogen) atoms. The molecule has 1 aromatic heterocycles. The van der Waals surface area contributed by atoms with E-state index in [9.17, 15) is 9.59 Å². The molecule has 2 N–H and O–H groups in total. The zero-order chi connectivity index (χ0) is 14.8. The van der Waals surface area contributed by atoms with Crippen LogP contribution in [0, 0.1) is 6.92 Å². The summed E-state index contributed by atoms with van der Waals surface area (Å²) in [5.74, 6) is -0.410. The number of amides is 1. The van der Waals surface area contributed by atoms with Gasteiger partial charge in [-0.3, -0.25) is 4.79 Å². The number of nitrogens with one attached hydrogen (secondary N) is 2. The monoisotopic (exact) mass is 284 g/mol. The van der Waals surface area contributed by atoms with Gasteiger partial charge in [0.1, 0.15) is 12.3 Å². The SMILES string of the molecule is Cc1c(C(=O)OCc2ccccc2)[nH]c2c1CC(=O)NC2. The van der Waals surface area contributed by atoms with Gasteiger partial charge in [0.2, 0.25) is 5.91 Å². The van der Waals surface area contributed by atoms with Gasteiger partial charge in [0.15, 0.2) is 0 Å². The first-order valence-corrected chi connectivity index (χ1v) is 6.83. The number of carbonyl (C=O) groups excluding carboxylic acids is 2. The lowest BCUT2D eigenvalue weighted by molar-refractivity contribution is -0.121. The molecule has 0 radical (unpaired) electrons. The summed E-state index contributed by atoms with van der Waals surface area (Å²) in [7, 11) is 0. The highest BCUT2D eigenvalue weighted by molar-refractivity contribution is 5.91. The van der Waals surface area contributed by atoms with Crippen molar-refractivity contribution in [2.75, 3.05) is 0 Å². The third-order valence-electron chi connectivity index (χ3n) is 3.68. The number of esters is 1. The second-order valence-corrected chi connectivity index (χ2v) is 5.10. The Morgan fingerprint density at radius 1 is 1.29 bits per heavy atom. The van der Waals surface area contributed by atoms with Gasteiger partial charge in [0.25, 0.3) is 0 Å². The Labute approximate surface area is 122 Å². The highest BCUT2D eigenvalue weighted by Crippen LogP contribution is 2.22. The molecule has 0 unspecified atom stereocenters. The number of fused-ring (bicyclic) bond motifs is 1. The van der Waals surface area contributed by atoms with Crippen LogP contribution in [0.1, 0.15) is 32.9 Å². The van der Waals surface area contributed by atoms with Crippen LogP contribution in [0.5, 0.6) is 0 Å². The van der Waals surface area contributed by atoms with Crippen molar-refractivity contribution < 1.29 is 14.3 Å². The third kappa shape index (κ3) is 2.67. The van der Waals surface area contributed by atoms with Gasteiger partial charge in [-0.1, -0.05) is 30.3 Å². The number of aromatic amines is 1. The number of rotatable bonds is 3. The first kappa shape index (κ1) is 13.4. The number of hydrogen-bond donors (Lipinski definition) is 2. The van der Waals surface area contributed by atoms with Crippen LogP contribution in [-0.2, 0) is 29.1 Å². The number of carbonyl (C=O) groups is 2. The van der Waals surface area contributed by atoms with Gasteiger partial charge in [-0.2, -0.15) is 0 Å². The minimum atomic E-state index is -0.391. The van der Waals surface area contributed by atoms with E-state index >= 15 is 0 Å². The van der Waals surface area contributed by atoms with E-state index in [0.29, 0.717) is 18.7 Å². The number of benzene rings is 1. The van der Waals surface area contributed by atoms with Crippen LogP contribution in [0.25, 0.3) is 0 Å². The maximum Gasteiger partial charge on any atom is 0.355 e. The average molecular weight is 284 g/mol. The zero-order valence-corrected chi connectivity index (χ0v) is 11.7. The van der Waals surface area contributed by atoms with Crippen molar-refractivity contribution >= 4 is 11.9 Å². The third-order valence-corrected chi connectivity index (χ3v) is 3.68.